The summed E-state index contributed by atoms with van der Waals surface area (Å²) < 4.78 is 5.38. The number of aromatic amines is 1. The first-order valence-corrected chi connectivity index (χ1v) is 5.25. The van der Waals surface area contributed by atoms with E-state index in [2.05, 4.69) is 25.7 Å². The van der Waals surface area contributed by atoms with Gasteiger partial charge in [-0.1, -0.05) is 15.9 Å². The summed E-state index contributed by atoms with van der Waals surface area (Å²) in [6.07, 6.45) is 0. The monoisotopic (exact) mass is 278 g/mol. The molecule has 0 fully saturated rings. The molecule has 0 saturated heterocycles. The summed E-state index contributed by atoms with van der Waals surface area (Å²) in [5.74, 6) is -0.429. The molecular formula is C11H7BrN2O2. The summed E-state index contributed by atoms with van der Waals surface area (Å²) in [5.41, 5.74) is 1.62. The zero-order valence-corrected chi connectivity index (χ0v) is 9.96. The number of esters is 1. The Morgan fingerprint density at radius 2 is 2.25 bits per heavy atom. The molecule has 5 heteroatoms. The number of aromatic nitrogens is 1. The number of fused-ring (bicyclic) bond motifs is 1. The van der Waals surface area contributed by atoms with Crippen LogP contribution in [0, 0.1) is 11.3 Å². The lowest BCUT2D eigenvalue weighted by Gasteiger charge is -1.94. The van der Waals surface area contributed by atoms with E-state index in [1.807, 2.05) is 6.07 Å². The number of rotatable bonds is 1. The minimum Gasteiger partial charge on any atom is -0.464 e. The van der Waals surface area contributed by atoms with E-state index in [-0.39, 0.29) is 0 Å². The molecule has 0 saturated carbocycles. The maximum absolute atomic E-state index is 11.3. The maximum atomic E-state index is 11.3. The fraction of sp³-hybridized carbons (Fsp3) is 0.0909. The fourth-order valence-corrected chi connectivity index (χ4v) is 2.05. The lowest BCUT2D eigenvalue weighted by molar-refractivity contribution is 0.0595. The largest absolute Gasteiger partial charge is 0.464 e. The number of nitriles is 1. The van der Waals surface area contributed by atoms with Crippen LogP contribution in [0.15, 0.2) is 22.7 Å². The average Bonchev–Trinajstić information content (AvgIpc) is 2.72. The molecule has 1 N–H and O–H groups in total. The Morgan fingerprint density at radius 1 is 1.50 bits per heavy atom. The zero-order chi connectivity index (χ0) is 11.7. The highest BCUT2D eigenvalue weighted by Crippen LogP contribution is 2.26. The van der Waals surface area contributed by atoms with Crippen molar-refractivity contribution in [1.82, 2.24) is 4.98 Å². The molecule has 0 bridgehead atoms. The van der Waals surface area contributed by atoms with Crippen molar-refractivity contribution in [1.29, 1.82) is 5.26 Å². The number of nitrogens with zero attached hydrogens (tertiary/aromatic N) is 1. The normalized spacial score (nSPS) is 10.1. The van der Waals surface area contributed by atoms with E-state index in [0.29, 0.717) is 11.3 Å². The summed E-state index contributed by atoms with van der Waals surface area (Å²) in [6, 6.07) is 7.13. The van der Waals surface area contributed by atoms with Gasteiger partial charge in [-0.05, 0) is 18.2 Å². The van der Waals surface area contributed by atoms with E-state index in [4.69, 9.17) is 5.26 Å². The number of nitrogens with one attached hydrogen (secondary N) is 1. The van der Waals surface area contributed by atoms with Gasteiger partial charge in [0.1, 0.15) is 5.69 Å². The molecule has 80 valence electrons. The predicted octanol–water partition coefficient (Wildman–Crippen LogP) is 2.59. The molecule has 2 rings (SSSR count). The smallest absolute Gasteiger partial charge is 0.354 e. The van der Waals surface area contributed by atoms with Crippen LogP contribution in [0.4, 0.5) is 0 Å². The van der Waals surface area contributed by atoms with Crippen molar-refractivity contribution in [2.45, 2.75) is 0 Å². The lowest BCUT2D eigenvalue weighted by atomic mass is 10.2. The minimum absolute atomic E-state index is 0.369. The molecule has 0 spiro atoms. The van der Waals surface area contributed by atoms with Crippen molar-refractivity contribution in [2.75, 3.05) is 7.11 Å². The highest BCUT2D eigenvalue weighted by atomic mass is 79.9. The van der Waals surface area contributed by atoms with E-state index >= 15 is 0 Å². The standard InChI is InChI=1S/C11H7BrN2O2/c1-16-11(15)10-4-7-8(12)2-6(5-13)3-9(7)14-10/h2-4,14H,1H3. The van der Waals surface area contributed by atoms with Gasteiger partial charge in [0, 0.05) is 15.4 Å². The zero-order valence-electron chi connectivity index (χ0n) is 8.37. The molecule has 2 aromatic rings. The van der Waals surface area contributed by atoms with Gasteiger partial charge in [-0.25, -0.2) is 4.79 Å². The quantitative estimate of drug-likeness (QED) is 0.816. The van der Waals surface area contributed by atoms with Gasteiger partial charge in [-0.3, -0.25) is 0 Å². The second-order valence-corrected chi connectivity index (χ2v) is 4.06. The Balaban J connectivity index is 2.67. The fourth-order valence-electron chi connectivity index (χ4n) is 1.48. The van der Waals surface area contributed by atoms with Crippen molar-refractivity contribution >= 4 is 32.8 Å². The number of H-pyrrole nitrogens is 1. The number of hydrogen-bond donors (Lipinski definition) is 1. The third kappa shape index (κ3) is 1.68. The van der Waals surface area contributed by atoms with Crippen molar-refractivity contribution in [3.63, 3.8) is 0 Å². The van der Waals surface area contributed by atoms with E-state index in [0.717, 1.165) is 15.4 Å². The second kappa shape index (κ2) is 3.99. The number of halogens is 1. The number of ether oxygens (including phenoxy) is 1. The van der Waals surface area contributed by atoms with Crippen LogP contribution in [0.5, 0.6) is 0 Å². The number of carbonyl (C=O) groups excluding carboxylic acids is 1. The first-order valence-electron chi connectivity index (χ1n) is 4.46. The average molecular weight is 279 g/mol. The summed E-state index contributed by atoms with van der Waals surface area (Å²) in [4.78, 5) is 14.2. The van der Waals surface area contributed by atoms with Crippen LogP contribution in [0.2, 0.25) is 0 Å². The lowest BCUT2D eigenvalue weighted by Crippen LogP contribution is -2.00. The van der Waals surface area contributed by atoms with Gasteiger partial charge < -0.3 is 9.72 Å². The Kier molecular flexibility index (Phi) is 2.67. The van der Waals surface area contributed by atoms with E-state index in [1.54, 1.807) is 18.2 Å². The van der Waals surface area contributed by atoms with Gasteiger partial charge in [-0.15, -0.1) is 0 Å². The van der Waals surface area contributed by atoms with Gasteiger partial charge in [-0.2, -0.15) is 5.26 Å². The van der Waals surface area contributed by atoms with Crippen molar-refractivity contribution < 1.29 is 9.53 Å². The number of carbonyl (C=O) groups is 1. The summed E-state index contributed by atoms with van der Waals surface area (Å²) in [5, 5.41) is 9.65. The number of hydrogen-bond acceptors (Lipinski definition) is 3. The van der Waals surface area contributed by atoms with Crippen LogP contribution in [0.25, 0.3) is 10.9 Å². The van der Waals surface area contributed by atoms with Gasteiger partial charge >= 0.3 is 5.97 Å². The van der Waals surface area contributed by atoms with Crippen molar-refractivity contribution in [2.24, 2.45) is 0 Å². The second-order valence-electron chi connectivity index (χ2n) is 3.21. The Bertz CT molecular complexity index is 610. The summed E-state index contributed by atoms with van der Waals surface area (Å²) in [7, 11) is 1.32. The van der Waals surface area contributed by atoms with E-state index < -0.39 is 5.97 Å². The van der Waals surface area contributed by atoms with Gasteiger partial charge in [0.25, 0.3) is 0 Å². The predicted molar refractivity (Wildman–Crippen MR) is 62.1 cm³/mol. The molecular weight excluding hydrogens is 272 g/mol. The highest BCUT2D eigenvalue weighted by Gasteiger charge is 2.11. The first kappa shape index (κ1) is 10.7. The highest BCUT2D eigenvalue weighted by molar-refractivity contribution is 9.10. The SMILES string of the molecule is COC(=O)c1cc2c(Br)cc(C#N)cc2[nH]1. The molecule has 4 nitrogen and oxygen atoms in total. The maximum Gasteiger partial charge on any atom is 0.354 e. The number of methoxy groups -OCH3 is 1. The molecule has 0 aliphatic heterocycles. The van der Waals surface area contributed by atoms with Crippen molar-refractivity contribution in [3.8, 4) is 6.07 Å². The van der Waals surface area contributed by atoms with Crippen molar-refractivity contribution in [3.05, 3.63) is 33.9 Å². The molecule has 0 atom stereocenters. The Morgan fingerprint density at radius 3 is 2.88 bits per heavy atom. The third-order valence-corrected chi connectivity index (χ3v) is 2.88. The Labute approximate surface area is 100.0 Å². The molecule has 0 unspecified atom stereocenters. The van der Waals surface area contributed by atoms with Crippen LogP contribution < -0.4 is 0 Å². The van der Waals surface area contributed by atoms with Gasteiger partial charge in [0.15, 0.2) is 0 Å². The van der Waals surface area contributed by atoms with Crippen LogP contribution in [0.1, 0.15) is 16.1 Å². The first-order chi connectivity index (χ1) is 7.65. The molecule has 16 heavy (non-hydrogen) atoms. The minimum atomic E-state index is -0.429. The van der Waals surface area contributed by atoms with E-state index in [9.17, 15) is 4.79 Å². The van der Waals surface area contributed by atoms with Crippen LogP contribution >= 0.6 is 15.9 Å². The van der Waals surface area contributed by atoms with Crippen LogP contribution in [0.3, 0.4) is 0 Å². The topological polar surface area (TPSA) is 65.9 Å². The summed E-state index contributed by atoms with van der Waals surface area (Å²) in [6.45, 7) is 0. The molecule has 1 aromatic heterocycles. The summed E-state index contributed by atoms with van der Waals surface area (Å²) >= 11 is 3.35. The van der Waals surface area contributed by atoms with Crippen LogP contribution in [-0.4, -0.2) is 18.1 Å². The third-order valence-electron chi connectivity index (χ3n) is 2.22. The molecule has 1 aromatic carbocycles. The number of benzene rings is 1. The molecule has 1 heterocycles. The van der Waals surface area contributed by atoms with Crippen LogP contribution in [-0.2, 0) is 4.74 Å². The molecule has 0 aliphatic carbocycles. The molecule has 0 aliphatic rings. The van der Waals surface area contributed by atoms with Gasteiger partial charge in [0.2, 0.25) is 0 Å². The van der Waals surface area contributed by atoms with Gasteiger partial charge in [0.05, 0.1) is 18.7 Å². The Hall–Kier alpha value is -1.80. The molecule has 0 radical (unpaired) electrons. The molecule has 0 amide bonds. The van der Waals surface area contributed by atoms with E-state index in [1.165, 1.54) is 7.11 Å².